The Labute approximate surface area is 133 Å². The van der Waals surface area contributed by atoms with Gasteiger partial charge in [-0.2, -0.15) is 8.78 Å². The van der Waals surface area contributed by atoms with Gasteiger partial charge in [0.1, 0.15) is 5.75 Å². The number of anilines is 1. The summed E-state index contributed by atoms with van der Waals surface area (Å²) in [5.41, 5.74) is 0.459. The van der Waals surface area contributed by atoms with E-state index in [0.717, 1.165) is 6.42 Å². The maximum absolute atomic E-state index is 12.0. The van der Waals surface area contributed by atoms with Gasteiger partial charge >= 0.3 is 6.61 Å². The van der Waals surface area contributed by atoms with E-state index in [1.165, 1.54) is 24.3 Å². The molecule has 0 unspecified atom stereocenters. The summed E-state index contributed by atoms with van der Waals surface area (Å²) in [5.74, 6) is -0.434. The van der Waals surface area contributed by atoms with Crippen molar-refractivity contribution < 1.29 is 23.1 Å². The molecule has 1 rings (SSSR count). The second kappa shape index (κ2) is 9.73. The van der Waals surface area contributed by atoms with E-state index in [1.807, 2.05) is 6.92 Å². The molecule has 0 aromatic heterocycles. The number of benzene rings is 1. The minimum absolute atomic E-state index is 0.0164. The quantitative estimate of drug-likeness (QED) is 0.723. The van der Waals surface area contributed by atoms with Crippen molar-refractivity contribution in [2.45, 2.75) is 20.0 Å². The van der Waals surface area contributed by atoms with Gasteiger partial charge in [-0.05, 0) is 37.7 Å². The normalized spacial score (nSPS) is 10.7. The molecule has 0 aliphatic rings. The Kier molecular flexibility index (Phi) is 7.96. The summed E-state index contributed by atoms with van der Waals surface area (Å²) in [6, 6.07) is 5.60. The summed E-state index contributed by atoms with van der Waals surface area (Å²) in [7, 11) is 1.66. The standard InChI is InChI=1S/C15H21F2N3O3/c1-3-8-18-13(21)9-20(2)10-14(22)19-11-4-6-12(7-5-11)23-15(16)17/h4-7,15H,3,8-10H2,1-2H3,(H,18,21)(H,19,22). The number of likely N-dealkylation sites (N-methyl/N-ethyl adjacent to an activating group) is 1. The van der Waals surface area contributed by atoms with E-state index in [9.17, 15) is 18.4 Å². The van der Waals surface area contributed by atoms with E-state index < -0.39 is 6.61 Å². The van der Waals surface area contributed by atoms with Gasteiger partial charge in [-0.15, -0.1) is 0 Å². The zero-order valence-electron chi connectivity index (χ0n) is 13.1. The molecule has 0 fully saturated rings. The van der Waals surface area contributed by atoms with Crippen LogP contribution in [0.15, 0.2) is 24.3 Å². The number of hydrogen-bond acceptors (Lipinski definition) is 4. The third-order valence-electron chi connectivity index (χ3n) is 2.76. The van der Waals surface area contributed by atoms with Crippen LogP contribution in [0, 0.1) is 0 Å². The van der Waals surface area contributed by atoms with Gasteiger partial charge in [-0.25, -0.2) is 0 Å². The van der Waals surface area contributed by atoms with Gasteiger partial charge in [0, 0.05) is 12.2 Å². The van der Waals surface area contributed by atoms with Gasteiger partial charge in [-0.1, -0.05) is 6.92 Å². The Morgan fingerprint density at radius 3 is 2.35 bits per heavy atom. The summed E-state index contributed by atoms with van der Waals surface area (Å²) in [6.07, 6.45) is 0.848. The molecule has 0 spiro atoms. The van der Waals surface area contributed by atoms with Crippen molar-refractivity contribution in [1.29, 1.82) is 0 Å². The van der Waals surface area contributed by atoms with Crippen molar-refractivity contribution in [2.24, 2.45) is 0 Å². The van der Waals surface area contributed by atoms with E-state index in [4.69, 9.17) is 0 Å². The second-order valence-corrected chi connectivity index (χ2v) is 4.97. The van der Waals surface area contributed by atoms with Crippen molar-refractivity contribution in [1.82, 2.24) is 10.2 Å². The molecule has 8 heteroatoms. The maximum atomic E-state index is 12.0. The molecule has 0 bridgehead atoms. The second-order valence-electron chi connectivity index (χ2n) is 4.97. The predicted molar refractivity (Wildman–Crippen MR) is 82.5 cm³/mol. The summed E-state index contributed by atoms with van der Waals surface area (Å²) >= 11 is 0. The molecule has 0 heterocycles. The van der Waals surface area contributed by atoms with Gasteiger partial charge in [0.05, 0.1) is 13.1 Å². The fourth-order valence-corrected chi connectivity index (χ4v) is 1.79. The minimum Gasteiger partial charge on any atom is -0.435 e. The van der Waals surface area contributed by atoms with Crippen LogP contribution in [0.25, 0.3) is 0 Å². The van der Waals surface area contributed by atoms with Gasteiger partial charge in [0.15, 0.2) is 0 Å². The molecule has 1 aromatic carbocycles. The molecule has 0 aliphatic carbocycles. The average molecular weight is 329 g/mol. The topological polar surface area (TPSA) is 70.7 Å². The Balaban J connectivity index is 2.39. The maximum Gasteiger partial charge on any atom is 0.387 e. The van der Waals surface area contributed by atoms with Crippen molar-refractivity contribution >= 4 is 17.5 Å². The number of nitrogens with one attached hydrogen (secondary N) is 2. The fourth-order valence-electron chi connectivity index (χ4n) is 1.79. The average Bonchev–Trinajstić information content (AvgIpc) is 2.46. The number of halogens is 2. The third-order valence-corrected chi connectivity index (χ3v) is 2.76. The van der Waals surface area contributed by atoms with Gasteiger partial charge in [0.2, 0.25) is 11.8 Å². The fraction of sp³-hybridized carbons (Fsp3) is 0.467. The number of carbonyl (C=O) groups excluding carboxylic acids is 2. The van der Waals surface area contributed by atoms with Gasteiger partial charge in [-0.3, -0.25) is 14.5 Å². The summed E-state index contributed by atoms with van der Waals surface area (Å²) in [4.78, 5) is 24.9. The lowest BCUT2D eigenvalue weighted by Crippen LogP contribution is -2.39. The molecule has 0 saturated carbocycles. The number of rotatable bonds is 9. The predicted octanol–water partition coefficient (Wildman–Crippen LogP) is 1.68. The lowest BCUT2D eigenvalue weighted by molar-refractivity contribution is -0.122. The highest BCUT2D eigenvalue weighted by molar-refractivity contribution is 5.92. The van der Waals surface area contributed by atoms with Crippen LogP contribution >= 0.6 is 0 Å². The van der Waals surface area contributed by atoms with Crippen LogP contribution in [0.1, 0.15) is 13.3 Å². The first-order chi connectivity index (χ1) is 10.9. The largest absolute Gasteiger partial charge is 0.435 e. The van der Waals surface area contributed by atoms with Crippen LogP contribution in [0.5, 0.6) is 5.75 Å². The van der Waals surface area contributed by atoms with Crippen LogP contribution in [-0.4, -0.2) is 50.0 Å². The van der Waals surface area contributed by atoms with E-state index >= 15 is 0 Å². The van der Waals surface area contributed by atoms with Crippen LogP contribution in [-0.2, 0) is 9.59 Å². The Bertz CT molecular complexity index is 509. The lowest BCUT2D eigenvalue weighted by Gasteiger charge is -2.16. The molecule has 2 amide bonds. The van der Waals surface area contributed by atoms with E-state index in [-0.39, 0.29) is 30.7 Å². The summed E-state index contributed by atoms with van der Waals surface area (Å²) in [6.45, 7) is -0.173. The molecule has 6 nitrogen and oxygen atoms in total. The van der Waals surface area contributed by atoms with Crippen molar-refractivity contribution in [3.8, 4) is 5.75 Å². The van der Waals surface area contributed by atoms with Crippen molar-refractivity contribution in [3.05, 3.63) is 24.3 Å². The highest BCUT2D eigenvalue weighted by atomic mass is 19.3. The molecule has 0 radical (unpaired) electrons. The number of carbonyl (C=O) groups is 2. The zero-order valence-corrected chi connectivity index (χ0v) is 13.1. The number of hydrogen-bond donors (Lipinski definition) is 2. The van der Waals surface area contributed by atoms with Crippen LogP contribution in [0.2, 0.25) is 0 Å². The molecule has 128 valence electrons. The first kappa shape index (κ1) is 18.8. The zero-order chi connectivity index (χ0) is 17.2. The van der Waals surface area contributed by atoms with E-state index in [1.54, 1.807) is 11.9 Å². The summed E-state index contributed by atoms with van der Waals surface area (Å²) < 4.78 is 28.3. The molecular formula is C15H21F2N3O3. The molecule has 0 saturated heterocycles. The Morgan fingerprint density at radius 1 is 1.17 bits per heavy atom. The van der Waals surface area contributed by atoms with E-state index in [0.29, 0.717) is 12.2 Å². The van der Waals surface area contributed by atoms with Crippen LogP contribution in [0.4, 0.5) is 14.5 Å². The minimum atomic E-state index is -2.89. The van der Waals surface area contributed by atoms with Crippen molar-refractivity contribution in [2.75, 3.05) is 32.0 Å². The summed E-state index contributed by atoms with van der Waals surface area (Å²) in [5, 5.41) is 5.33. The monoisotopic (exact) mass is 329 g/mol. The Morgan fingerprint density at radius 2 is 1.78 bits per heavy atom. The molecule has 1 aromatic rings. The van der Waals surface area contributed by atoms with Gasteiger partial charge in [0.25, 0.3) is 0 Å². The lowest BCUT2D eigenvalue weighted by atomic mass is 10.3. The smallest absolute Gasteiger partial charge is 0.387 e. The molecular weight excluding hydrogens is 308 g/mol. The highest BCUT2D eigenvalue weighted by Crippen LogP contribution is 2.17. The van der Waals surface area contributed by atoms with Gasteiger partial charge < -0.3 is 15.4 Å². The molecule has 23 heavy (non-hydrogen) atoms. The van der Waals surface area contributed by atoms with Crippen LogP contribution < -0.4 is 15.4 Å². The first-order valence-corrected chi connectivity index (χ1v) is 7.20. The van der Waals surface area contributed by atoms with Crippen LogP contribution in [0.3, 0.4) is 0 Å². The molecule has 0 aliphatic heterocycles. The third kappa shape index (κ3) is 8.10. The number of amides is 2. The first-order valence-electron chi connectivity index (χ1n) is 7.20. The number of ether oxygens (including phenoxy) is 1. The number of nitrogens with zero attached hydrogens (tertiary/aromatic N) is 1. The SMILES string of the molecule is CCCNC(=O)CN(C)CC(=O)Nc1ccc(OC(F)F)cc1. The molecule has 2 N–H and O–H groups in total. The van der Waals surface area contributed by atoms with E-state index in [2.05, 4.69) is 15.4 Å². The highest BCUT2D eigenvalue weighted by Gasteiger charge is 2.11. The number of alkyl halides is 2. The van der Waals surface area contributed by atoms with Crippen molar-refractivity contribution in [3.63, 3.8) is 0 Å². The molecule has 0 atom stereocenters. The Hall–Kier alpha value is -2.22.